The third kappa shape index (κ3) is 1.51. The molecule has 0 fully saturated rings. The number of fused-ring (bicyclic) bond motifs is 3. The van der Waals surface area contributed by atoms with Gasteiger partial charge >= 0.3 is 0 Å². The zero-order valence-corrected chi connectivity index (χ0v) is 10.7. The third-order valence-electron chi connectivity index (χ3n) is 4.03. The lowest BCUT2D eigenvalue weighted by Gasteiger charge is -2.28. The van der Waals surface area contributed by atoms with Crippen molar-refractivity contribution in [3.05, 3.63) is 58.7 Å². The zero-order chi connectivity index (χ0) is 12.0. The number of hydrogen-bond acceptors (Lipinski definition) is 0. The van der Waals surface area contributed by atoms with Gasteiger partial charge in [0.1, 0.15) is 0 Å². The summed E-state index contributed by atoms with van der Waals surface area (Å²) in [6.07, 6.45) is 1.18. The Kier molecular flexibility index (Phi) is 2.32. The molecule has 1 aliphatic carbocycles. The van der Waals surface area contributed by atoms with Crippen LogP contribution < -0.4 is 0 Å². The van der Waals surface area contributed by atoms with Gasteiger partial charge in [0.25, 0.3) is 0 Å². The Morgan fingerprint density at radius 3 is 2.29 bits per heavy atom. The second kappa shape index (κ2) is 3.73. The average molecular weight is 222 g/mol. The van der Waals surface area contributed by atoms with E-state index in [1.165, 1.54) is 34.2 Å². The van der Waals surface area contributed by atoms with Crippen molar-refractivity contribution in [3.8, 4) is 11.1 Å². The zero-order valence-electron chi connectivity index (χ0n) is 10.7. The normalized spacial score (nSPS) is 17.5. The van der Waals surface area contributed by atoms with E-state index in [0.717, 1.165) is 0 Å². The molecule has 1 aliphatic rings. The summed E-state index contributed by atoms with van der Waals surface area (Å²) in [4.78, 5) is 0. The van der Waals surface area contributed by atoms with Gasteiger partial charge in [0.15, 0.2) is 0 Å². The predicted octanol–water partition coefficient (Wildman–Crippen LogP) is 4.63. The Balaban J connectivity index is 2.35. The smallest absolute Gasteiger partial charge is 0.0141 e. The molecule has 1 atom stereocenters. The maximum absolute atomic E-state index is 2.35. The molecule has 2 aromatic carbocycles. The van der Waals surface area contributed by atoms with Crippen molar-refractivity contribution in [1.29, 1.82) is 0 Å². The quantitative estimate of drug-likeness (QED) is 0.609. The molecule has 17 heavy (non-hydrogen) atoms. The van der Waals surface area contributed by atoms with Crippen LogP contribution in [0.5, 0.6) is 0 Å². The molecule has 0 radical (unpaired) electrons. The van der Waals surface area contributed by atoms with Gasteiger partial charge in [-0.15, -0.1) is 0 Å². The first-order valence-electron chi connectivity index (χ1n) is 6.37. The van der Waals surface area contributed by atoms with Crippen molar-refractivity contribution < 1.29 is 0 Å². The molecule has 0 N–H and O–H groups in total. The van der Waals surface area contributed by atoms with E-state index in [9.17, 15) is 0 Å². The largest absolute Gasteiger partial charge is 0.0614 e. The van der Waals surface area contributed by atoms with Crippen LogP contribution in [0.3, 0.4) is 0 Å². The molecule has 0 aromatic heterocycles. The van der Waals surface area contributed by atoms with Crippen molar-refractivity contribution in [1.82, 2.24) is 0 Å². The molecule has 0 nitrogen and oxygen atoms in total. The Labute approximate surface area is 103 Å². The number of benzene rings is 2. The van der Waals surface area contributed by atoms with E-state index in [0.29, 0.717) is 5.92 Å². The van der Waals surface area contributed by atoms with E-state index in [1.54, 1.807) is 5.56 Å². The molecule has 86 valence electrons. The predicted molar refractivity (Wildman–Crippen MR) is 73.5 cm³/mol. The first-order chi connectivity index (χ1) is 8.18. The summed E-state index contributed by atoms with van der Waals surface area (Å²) in [6.45, 7) is 6.81. The molecule has 0 saturated carbocycles. The maximum Gasteiger partial charge on any atom is -0.0141 e. The summed E-state index contributed by atoms with van der Waals surface area (Å²) >= 11 is 0. The van der Waals surface area contributed by atoms with E-state index < -0.39 is 0 Å². The van der Waals surface area contributed by atoms with Crippen LogP contribution in [0.15, 0.2) is 36.4 Å². The van der Waals surface area contributed by atoms with Crippen molar-refractivity contribution in [3.63, 3.8) is 0 Å². The molecule has 0 heterocycles. The highest BCUT2D eigenvalue weighted by molar-refractivity contribution is 5.76. The minimum Gasteiger partial charge on any atom is -0.0614 e. The first kappa shape index (κ1) is 10.6. The minimum atomic E-state index is 0.639. The van der Waals surface area contributed by atoms with Crippen LogP contribution >= 0.6 is 0 Å². The highest BCUT2D eigenvalue weighted by Crippen LogP contribution is 2.41. The van der Waals surface area contributed by atoms with Gasteiger partial charge < -0.3 is 0 Å². The standard InChI is InChI=1S/C17H18/c1-11-6-4-8-14-15-9-5-7-12(2)17(15)13(3)10-16(11)14/h4-9,13H,10H2,1-3H3. The Bertz CT molecular complexity index is 579. The minimum absolute atomic E-state index is 0.639. The van der Waals surface area contributed by atoms with Crippen LogP contribution in [0.1, 0.15) is 35.1 Å². The van der Waals surface area contributed by atoms with Gasteiger partial charge in [0.05, 0.1) is 0 Å². The summed E-state index contributed by atoms with van der Waals surface area (Å²) in [7, 11) is 0. The lowest BCUT2D eigenvalue weighted by atomic mass is 9.76. The summed E-state index contributed by atoms with van der Waals surface area (Å²) < 4.78 is 0. The molecule has 0 aliphatic heterocycles. The summed E-state index contributed by atoms with van der Waals surface area (Å²) in [5, 5.41) is 0. The van der Waals surface area contributed by atoms with Crippen LogP contribution in [-0.2, 0) is 6.42 Å². The number of hydrogen-bond donors (Lipinski definition) is 0. The second-order valence-corrected chi connectivity index (χ2v) is 5.24. The first-order valence-corrected chi connectivity index (χ1v) is 6.37. The highest BCUT2D eigenvalue weighted by Gasteiger charge is 2.23. The van der Waals surface area contributed by atoms with Crippen molar-refractivity contribution in [2.45, 2.75) is 33.1 Å². The topological polar surface area (TPSA) is 0 Å². The molecule has 0 spiro atoms. The van der Waals surface area contributed by atoms with Crippen LogP contribution in [-0.4, -0.2) is 0 Å². The lowest BCUT2D eigenvalue weighted by Crippen LogP contribution is -2.11. The lowest BCUT2D eigenvalue weighted by molar-refractivity contribution is 0.739. The SMILES string of the molecule is Cc1cccc2c1CC(C)c1c(C)cccc1-2. The molecule has 0 amide bonds. The van der Waals surface area contributed by atoms with Crippen molar-refractivity contribution >= 4 is 0 Å². The highest BCUT2D eigenvalue weighted by atomic mass is 14.3. The summed E-state index contributed by atoms with van der Waals surface area (Å²) in [5.74, 6) is 0.639. The number of aryl methyl sites for hydroxylation is 2. The second-order valence-electron chi connectivity index (χ2n) is 5.24. The van der Waals surface area contributed by atoms with E-state index in [1.807, 2.05) is 0 Å². The fraction of sp³-hybridized carbons (Fsp3) is 0.294. The van der Waals surface area contributed by atoms with Gasteiger partial charge in [-0.25, -0.2) is 0 Å². The van der Waals surface area contributed by atoms with E-state index >= 15 is 0 Å². The average Bonchev–Trinajstić information content (AvgIpc) is 2.31. The summed E-state index contributed by atoms with van der Waals surface area (Å²) in [6, 6.07) is 13.4. The van der Waals surface area contributed by atoms with Crippen molar-refractivity contribution in [2.24, 2.45) is 0 Å². The fourth-order valence-corrected chi connectivity index (χ4v) is 3.20. The van der Waals surface area contributed by atoms with Gasteiger partial charge in [-0.1, -0.05) is 43.3 Å². The molecular formula is C17H18. The van der Waals surface area contributed by atoms with Gasteiger partial charge in [0, 0.05) is 0 Å². The summed E-state index contributed by atoms with van der Waals surface area (Å²) in [5.41, 5.74) is 8.84. The molecular weight excluding hydrogens is 204 g/mol. The fourth-order valence-electron chi connectivity index (χ4n) is 3.20. The van der Waals surface area contributed by atoms with Crippen LogP contribution in [0.2, 0.25) is 0 Å². The molecule has 1 unspecified atom stereocenters. The molecule has 0 saturated heterocycles. The van der Waals surface area contributed by atoms with E-state index in [-0.39, 0.29) is 0 Å². The van der Waals surface area contributed by atoms with Crippen molar-refractivity contribution in [2.75, 3.05) is 0 Å². The van der Waals surface area contributed by atoms with Crippen LogP contribution in [0.25, 0.3) is 11.1 Å². The molecule has 2 aromatic rings. The molecule has 0 bridgehead atoms. The Hall–Kier alpha value is -1.56. The van der Waals surface area contributed by atoms with Gasteiger partial charge in [-0.05, 0) is 59.6 Å². The third-order valence-corrected chi connectivity index (χ3v) is 4.03. The van der Waals surface area contributed by atoms with Gasteiger partial charge in [0.2, 0.25) is 0 Å². The molecule has 0 heteroatoms. The van der Waals surface area contributed by atoms with Crippen LogP contribution in [0.4, 0.5) is 0 Å². The maximum atomic E-state index is 2.35. The van der Waals surface area contributed by atoms with E-state index in [4.69, 9.17) is 0 Å². The monoisotopic (exact) mass is 222 g/mol. The Morgan fingerprint density at radius 2 is 1.53 bits per heavy atom. The number of rotatable bonds is 0. The van der Waals surface area contributed by atoms with Gasteiger partial charge in [-0.3, -0.25) is 0 Å². The molecule has 3 rings (SSSR count). The van der Waals surface area contributed by atoms with Gasteiger partial charge in [-0.2, -0.15) is 0 Å². The van der Waals surface area contributed by atoms with Crippen LogP contribution in [0, 0.1) is 13.8 Å². The van der Waals surface area contributed by atoms with E-state index in [2.05, 4.69) is 57.2 Å². The Morgan fingerprint density at radius 1 is 0.882 bits per heavy atom.